The number of hydrogen-bond donors (Lipinski definition) is 1. The highest BCUT2D eigenvalue weighted by Gasteiger charge is 2.05. The lowest BCUT2D eigenvalue weighted by molar-refractivity contribution is 0.603. The Balaban J connectivity index is 0. The number of halogens is 3. The Kier molecular flexibility index (Phi) is 8.88. The molecule has 1 heterocycles. The van der Waals surface area contributed by atoms with Gasteiger partial charge in [0.2, 0.25) is 0 Å². The quantitative estimate of drug-likeness (QED) is 0.885. The lowest BCUT2D eigenvalue weighted by Crippen LogP contribution is -2.11. The number of nitrogens with zero attached hydrogens (tertiary/aromatic N) is 2. The van der Waals surface area contributed by atoms with E-state index in [0.29, 0.717) is 0 Å². The number of rotatable bonds is 3. The topological polar surface area (TPSA) is 29.9 Å². The van der Waals surface area contributed by atoms with Gasteiger partial charge in [-0.1, -0.05) is 11.6 Å². The molecule has 0 bridgehead atoms. The van der Waals surface area contributed by atoms with E-state index in [4.69, 9.17) is 11.6 Å². The van der Waals surface area contributed by atoms with Gasteiger partial charge >= 0.3 is 0 Å². The minimum absolute atomic E-state index is 0. The standard InChI is InChI=1S/C7H12ClN3.2ClH/c1-3-11-7(5-9-2)6(8)4-10-11;;/h4,9H,3,5H2,1-2H3;2*1H. The largest absolute Gasteiger partial charge is 0.314 e. The molecular formula is C7H14Cl3N3. The molecule has 0 fully saturated rings. The van der Waals surface area contributed by atoms with Crippen molar-refractivity contribution in [2.75, 3.05) is 7.05 Å². The molecule has 0 radical (unpaired) electrons. The van der Waals surface area contributed by atoms with E-state index in [9.17, 15) is 0 Å². The second-order valence-corrected chi connectivity index (χ2v) is 2.69. The molecule has 0 aliphatic rings. The fourth-order valence-electron chi connectivity index (χ4n) is 1.00. The summed E-state index contributed by atoms with van der Waals surface area (Å²) in [6, 6.07) is 0. The first kappa shape index (κ1) is 15.5. The van der Waals surface area contributed by atoms with Gasteiger partial charge in [-0.2, -0.15) is 5.10 Å². The molecular weight excluding hydrogens is 232 g/mol. The van der Waals surface area contributed by atoms with Crippen LogP contribution in [0.5, 0.6) is 0 Å². The number of aryl methyl sites for hydroxylation is 1. The normalized spacial score (nSPS) is 8.85. The SMILES string of the molecule is CCn1ncc(Cl)c1CNC.Cl.Cl. The van der Waals surface area contributed by atoms with Crippen molar-refractivity contribution in [3.63, 3.8) is 0 Å². The molecule has 1 aromatic heterocycles. The third-order valence-corrected chi connectivity index (χ3v) is 1.86. The van der Waals surface area contributed by atoms with Crippen LogP contribution >= 0.6 is 36.4 Å². The maximum atomic E-state index is 5.88. The minimum atomic E-state index is 0. The van der Waals surface area contributed by atoms with Gasteiger partial charge in [0.1, 0.15) is 0 Å². The lowest BCUT2D eigenvalue weighted by atomic mass is 10.4. The first-order chi connectivity index (χ1) is 5.29. The summed E-state index contributed by atoms with van der Waals surface area (Å²) in [4.78, 5) is 0. The fourth-order valence-corrected chi connectivity index (χ4v) is 1.21. The minimum Gasteiger partial charge on any atom is -0.314 e. The van der Waals surface area contributed by atoms with E-state index in [1.165, 1.54) is 0 Å². The Morgan fingerprint density at radius 3 is 2.62 bits per heavy atom. The highest BCUT2D eigenvalue weighted by atomic mass is 35.5. The zero-order valence-electron chi connectivity index (χ0n) is 7.58. The van der Waals surface area contributed by atoms with Crippen molar-refractivity contribution in [1.29, 1.82) is 0 Å². The zero-order chi connectivity index (χ0) is 8.27. The Bertz CT molecular complexity index is 237. The van der Waals surface area contributed by atoms with E-state index < -0.39 is 0 Å². The third-order valence-electron chi connectivity index (χ3n) is 1.54. The van der Waals surface area contributed by atoms with Crippen LogP contribution in [0.3, 0.4) is 0 Å². The summed E-state index contributed by atoms with van der Waals surface area (Å²) >= 11 is 5.88. The molecule has 1 N–H and O–H groups in total. The van der Waals surface area contributed by atoms with Crippen LogP contribution in [-0.4, -0.2) is 16.8 Å². The molecule has 0 unspecified atom stereocenters. The molecule has 0 atom stereocenters. The Morgan fingerprint density at radius 1 is 1.54 bits per heavy atom. The van der Waals surface area contributed by atoms with Crippen molar-refractivity contribution < 1.29 is 0 Å². The van der Waals surface area contributed by atoms with Crippen molar-refractivity contribution in [1.82, 2.24) is 15.1 Å². The van der Waals surface area contributed by atoms with Crippen LogP contribution < -0.4 is 5.32 Å². The van der Waals surface area contributed by atoms with Crippen LogP contribution in [0.1, 0.15) is 12.6 Å². The van der Waals surface area contributed by atoms with Crippen molar-refractivity contribution in [3.8, 4) is 0 Å². The Labute approximate surface area is 95.7 Å². The highest BCUT2D eigenvalue weighted by molar-refractivity contribution is 6.31. The van der Waals surface area contributed by atoms with Crippen LogP contribution in [-0.2, 0) is 13.1 Å². The molecule has 0 aromatic carbocycles. The Hall–Kier alpha value is 0.0400. The average Bonchev–Trinajstić information content (AvgIpc) is 2.34. The van der Waals surface area contributed by atoms with Crippen LogP contribution in [0.2, 0.25) is 5.02 Å². The molecule has 3 nitrogen and oxygen atoms in total. The van der Waals surface area contributed by atoms with E-state index in [1.54, 1.807) is 6.20 Å². The number of hydrogen-bond acceptors (Lipinski definition) is 2. The van der Waals surface area contributed by atoms with Crippen LogP contribution in [0.25, 0.3) is 0 Å². The second-order valence-electron chi connectivity index (χ2n) is 2.29. The van der Waals surface area contributed by atoms with E-state index in [2.05, 4.69) is 10.4 Å². The predicted molar refractivity (Wildman–Crippen MR) is 60.2 cm³/mol. The van der Waals surface area contributed by atoms with Gasteiger partial charge in [-0.05, 0) is 14.0 Å². The average molecular weight is 247 g/mol. The van der Waals surface area contributed by atoms with Gasteiger partial charge in [0.05, 0.1) is 16.9 Å². The molecule has 0 spiro atoms. The summed E-state index contributed by atoms with van der Waals surface area (Å²) in [7, 11) is 1.89. The molecule has 0 amide bonds. The number of aromatic nitrogens is 2. The van der Waals surface area contributed by atoms with Crippen molar-refractivity contribution in [2.45, 2.75) is 20.0 Å². The Morgan fingerprint density at radius 2 is 2.15 bits per heavy atom. The second kappa shape index (κ2) is 7.44. The van der Waals surface area contributed by atoms with Crippen LogP contribution in [0.15, 0.2) is 6.20 Å². The lowest BCUT2D eigenvalue weighted by Gasteiger charge is -2.03. The van der Waals surface area contributed by atoms with Gasteiger partial charge < -0.3 is 5.32 Å². The molecule has 78 valence electrons. The van der Waals surface area contributed by atoms with E-state index in [0.717, 1.165) is 23.8 Å². The highest BCUT2D eigenvalue weighted by Crippen LogP contribution is 2.14. The molecule has 0 aliphatic heterocycles. The monoisotopic (exact) mass is 245 g/mol. The number of nitrogens with one attached hydrogen (secondary N) is 1. The van der Waals surface area contributed by atoms with Gasteiger partial charge in [-0.15, -0.1) is 24.8 Å². The summed E-state index contributed by atoms with van der Waals surface area (Å²) in [6.07, 6.45) is 1.68. The molecule has 1 rings (SSSR count). The first-order valence-electron chi connectivity index (χ1n) is 3.64. The predicted octanol–water partition coefficient (Wildman–Crippen LogP) is 2.12. The fraction of sp³-hybridized carbons (Fsp3) is 0.571. The van der Waals surface area contributed by atoms with Crippen LogP contribution in [0, 0.1) is 0 Å². The van der Waals surface area contributed by atoms with E-state index in [-0.39, 0.29) is 24.8 Å². The van der Waals surface area contributed by atoms with Crippen LogP contribution in [0.4, 0.5) is 0 Å². The van der Waals surface area contributed by atoms with Gasteiger partial charge in [0, 0.05) is 13.1 Å². The maximum Gasteiger partial charge on any atom is 0.0831 e. The van der Waals surface area contributed by atoms with E-state index in [1.807, 2.05) is 18.7 Å². The summed E-state index contributed by atoms with van der Waals surface area (Å²) in [5.41, 5.74) is 1.05. The third kappa shape index (κ3) is 3.73. The van der Waals surface area contributed by atoms with Crippen molar-refractivity contribution in [2.24, 2.45) is 0 Å². The summed E-state index contributed by atoms with van der Waals surface area (Å²) in [5, 5.41) is 7.88. The smallest absolute Gasteiger partial charge is 0.0831 e. The molecule has 6 heteroatoms. The molecule has 0 aliphatic carbocycles. The van der Waals surface area contributed by atoms with Gasteiger partial charge in [0.15, 0.2) is 0 Å². The summed E-state index contributed by atoms with van der Waals surface area (Å²) in [6.45, 7) is 3.68. The van der Waals surface area contributed by atoms with Crippen molar-refractivity contribution in [3.05, 3.63) is 16.9 Å². The molecule has 13 heavy (non-hydrogen) atoms. The summed E-state index contributed by atoms with van der Waals surface area (Å²) < 4.78 is 1.89. The first-order valence-corrected chi connectivity index (χ1v) is 4.02. The summed E-state index contributed by atoms with van der Waals surface area (Å²) in [5.74, 6) is 0. The molecule has 0 saturated carbocycles. The molecule has 1 aromatic rings. The molecule has 0 saturated heterocycles. The maximum absolute atomic E-state index is 5.88. The van der Waals surface area contributed by atoms with Gasteiger partial charge in [-0.3, -0.25) is 4.68 Å². The zero-order valence-corrected chi connectivity index (χ0v) is 9.97. The van der Waals surface area contributed by atoms with E-state index >= 15 is 0 Å². The van der Waals surface area contributed by atoms with Crippen molar-refractivity contribution >= 4 is 36.4 Å². The van der Waals surface area contributed by atoms with Gasteiger partial charge in [0.25, 0.3) is 0 Å². The van der Waals surface area contributed by atoms with Gasteiger partial charge in [-0.25, -0.2) is 0 Å².